The van der Waals surface area contributed by atoms with Crippen LogP contribution in [0.1, 0.15) is 5.56 Å². The molecule has 3 aromatic rings. The molecule has 0 atom stereocenters. The number of allylic oxidation sites excluding steroid dienone is 1. The Bertz CT molecular complexity index is 853. The number of pyridine rings is 1. The Morgan fingerprint density at radius 1 is 0.957 bits per heavy atom. The van der Waals surface area contributed by atoms with Crippen LogP contribution < -0.4 is 11.5 Å². The van der Waals surface area contributed by atoms with Crippen LogP contribution in [-0.2, 0) is 6.42 Å². The first kappa shape index (κ1) is 14.9. The Morgan fingerprint density at radius 2 is 1.83 bits per heavy atom. The van der Waals surface area contributed by atoms with Crippen molar-refractivity contribution in [1.82, 2.24) is 4.98 Å². The average molecular weight is 301 g/mol. The topological polar surface area (TPSA) is 64.9 Å². The third kappa shape index (κ3) is 3.09. The number of nitrogen functional groups attached to an aromatic ring is 2. The Balaban J connectivity index is 2.14. The van der Waals surface area contributed by atoms with Gasteiger partial charge in [0.25, 0.3) is 0 Å². The molecule has 0 bridgehead atoms. The minimum Gasteiger partial charge on any atom is -0.399 e. The smallest absolute Gasteiger partial charge is 0.0781 e. The van der Waals surface area contributed by atoms with Crippen LogP contribution in [0.25, 0.3) is 22.4 Å². The van der Waals surface area contributed by atoms with Gasteiger partial charge in [-0.05, 0) is 47.9 Å². The van der Waals surface area contributed by atoms with Gasteiger partial charge in [-0.1, -0.05) is 30.3 Å². The molecule has 0 aliphatic rings. The van der Waals surface area contributed by atoms with Crippen LogP contribution in [-0.4, -0.2) is 4.98 Å². The Kier molecular flexibility index (Phi) is 4.11. The van der Waals surface area contributed by atoms with E-state index in [2.05, 4.69) is 23.7 Å². The predicted octanol–water partition coefficient (Wildman–Crippen LogP) is 4.31. The Labute approximate surface area is 136 Å². The van der Waals surface area contributed by atoms with Crippen LogP contribution in [0, 0.1) is 0 Å². The van der Waals surface area contributed by atoms with Crippen molar-refractivity contribution in [2.45, 2.75) is 6.42 Å². The molecule has 0 saturated carbocycles. The van der Waals surface area contributed by atoms with Crippen molar-refractivity contribution in [1.29, 1.82) is 0 Å². The highest BCUT2D eigenvalue weighted by Gasteiger charge is 2.10. The SMILES string of the molecule is C=CCc1cc(-c2cccnc2-c2cccc(N)c2)ccc1N. The molecular formula is C20H19N3. The third-order valence-electron chi connectivity index (χ3n) is 3.79. The number of anilines is 2. The zero-order valence-electron chi connectivity index (χ0n) is 12.9. The molecule has 1 heterocycles. The summed E-state index contributed by atoms with van der Waals surface area (Å²) in [5, 5.41) is 0. The highest BCUT2D eigenvalue weighted by atomic mass is 14.7. The van der Waals surface area contributed by atoms with Crippen LogP contribution in [0.15, 0.2) is 73.4 Å². The van der Waals surface area contributed by atoms with Gasteiger partial charge in [-0.15, -0.1) is 6.58 Å². The van der Waals surface area contributed by atoms with Gasteiger partial charge in [0.2, 0.25) is 0 Å². The van der Waals surface area contributed by atoms with Gasteiger partial charge in [-0.3, -0.25) is 4.98 Å². The van der Waals surface area contributed by atoms with Crippen LogP contribution in [0.4, 0.5) is 11.4 Å². The second kappa shape index (κ2) is 6.36. The summed E-state index contributed by atoms with van der Waals surface area (Å²) in [4.78, 5) is 4.56. The number of nitrogens with two attached hydrogens (primary N) is 2. The molecule has 1 aromatic heterocycles. The van der Waals surface area contributed by atoms with E-state index in [1.807, 2.05) is 48.5 Å². The molecule has 0 spiro atoms. The lowest BCUT2D eigenvalue weighted by Gasteiger charge is -2.12. The maximum absolute atomic E-state index is 6.04. The lowest BCUT2D eigenvalue weighted by atomic mass is 9.96. The average Bonchev–Trinajstić information content (AvgIpc) is 2.57. The zero-order chi connectivity index (χ0) is 16.2. The van der Waals surface area contributed by atoms with E-state index >= 15 is 0 Å². The molecule has 2 aromatic carbocycles. The minimum absolute atomic E-state index is 0.726. The zero-order valence-corrected chi connectivity index (χ0v) is 12.9. The van der Waals surface area contributed by atoms with E-state index in [9.17, 15) is 0 Å². The molecule has 0 aliphatic heterocycles. The maximum Gasteiger partial charge on any atom is 0.0781 e. The standard InChI is InChI=1S/C20H19N3/c1-2-5-15-12-14(9-10-19(15)22)18-8-4-11-23-20(18)16-6-3-7-17(21)13-16/h2-4,6-13H,1,5,21-22H2. The number of benzene rings is 2. The van der Waals surface area contributed by atoms with Crippen LogP contribution in [0.2, 0.25) is 0 Å². The van der Waals surface area contributed by atoms with E-state index < -0.39 is 0 Å². The molecule has 114 valence electrons. The summed E-state index contributed by atoms with van der Waals surface area (Å²) in [6.07, 6.45) is 4.40. The number of hydrogen-bond donors (Lipinski definition) is 2. The second-order valence-corrected chi connectivity index (χ2v) is 5.43. The van der Waals surface area contributed by atoms with Gasteiger partial charge in [-0.2, -0.15) is 0 Å². The van der Waals surface area contributed by atoms with Crippen molar-refractivity contribution < 1.29 is 0 Å². The number of rotatable bonds is 4. The molecule has 0 saturated heterocycles. The van der Waals surface area contributed by atoms with Gasteiger partial charge in [0.05, 0.1) is 5.69 Å². The number of aromatic nitrogens is 1. The van der Waals surface area contributed by atoms with E-state index in [4.69, 9.17) is 11.5 Å². The summed E-state index contributed by atoms with van der Waals surface area (Å²) >= 11 is 0. The number of hydrogen-bond acceptors (Lipinski definition) is 3. The summed E-state index contributed by atoms with van der Waals surface area (Å²) in [6, 6.07) is 17.8. The molecule has 3 heteroatoms. The van der Waals surface area contributed by atoms with Crippen LogP contribution >= 0.6 is 0 Å². The molecular weight excluding hydrogens is 282 g/mol. The van der Waals surface area contributed by atoms with E-state index in [0.29, 0.717) is 0 Å². The maximum atomic E-state index is 6.04. The first-order chi connectivity index (χ1) is 11.2. The molecule has 0 fully saturated rings. The van der Waals surface area contributed by atoms with Gasteiger partial charge in [0.15, 0.2) is 0 Å². The summed E-state index contributed by atoms with van der Waals surface area (Å²) in [6.45, 7) is 3.79. The molecule has 3 rings (SSSR count). The quantitative estimate of drug-likeness (QED) is 0.557. The fourth-order valence-electron chi connectivity index (χ4n) is 2.66. The van der Waals surface area contributed by atoms with Crippen molar-refractivity contribution in [2.24, 2.45) is 0 Å². The van der Waals surface area contributed by atoms with Crippen molar-refractivity contribution in [3.8, 4) is 22.4 Å². The van der Waals surface area contributed by atoms with E-state index in [1.165, 1.54) is 0 Å². The van der Waals surface area contributed by atoms with Gasteiger partial charge >= 0.3 is 0 Å². The molecule has 0 unspecified atom stereocenters. The van der Waals surface area contributed by atoms with Crippen LogP contribution in [0.5, 0.6) is 0 Å². The van der Waals surface area contributed by atoms with Gasteiger partial charge in [0.1, 0.15) is 0 Å². The van der Waals surface area contributed by atoms with E-state index in [0.717, 1.165) is 45.7 Å². The van der Waals surface area contributed by atoms with E-state index in [1.54, 1.807) is 6.20 Å². The van der Waals surface area contributed by atoms with Crippen molar-refractivity contribution in [3.05, 3.63) is 79.0 Å². The fraction of sp³-hybridized carbons (Fsp3) is 0.0500. The van der Waals surface area contributed by atoms with Crippen LogP contribution in [0.3, 0.4) is 0 Å². The number of nitrogens with zero attached hydrogens (tertiary/aromatic N) is 1. The lowest BCUT2D eigenvalue weighted by Crippen LogP contribution is -1.95. The van der Waals surface area contributed by atoms with Gasteiger partial charge < -0.3 is 11.5 Å². The lowest BCUT2D eigenvalue weighted by molar-refractivity contribution is 1.28. The summed E-state index contributed by atoms with van der Waals surface area (Å²) in [5.74, 6) is 0. The first-order valence-electron chi connectivity index (χ1n) is 7.49. The highest BCUT2D eigenvalue weighted by molar-refractivity contribution is 5.82. The molecule has 0 aliphatic carbocycles. The fourth-order valence-corrected chi connectivity index (χ4v) is 2.66. The van der Waals surface area contributed by atoms with Crippen molar-refractivity contribution in [2.75, 3.05) is 11.5 Å². The second-order valence-electron chi connectivity index (χ2n) is 5.43. The molecule has 0 amide bonds. The summed E-state index contributed by atoms with van der Waals surface area (Å²) in [7, 11) is 0. The predicted molar refractivity (Wildman–Crippen MR) is 97.8 cm³/mol. The van der Waals surface area contributed by atoms with Gasteiger partial charge in [-0.25, -0.2) is 0 Å². The third-order valence-corrected chi connectivity index (χ3v) is 3.79. The first-order valence-corrected chi connectivity index (χ1v) is 7.49. The summed E-state index contributed by atoms with van der Waals surface area (Å²) < 4.78 is 0. The highest BCUT2D eigenvalue weighted by Crippen LogP contribution is 2.32. The van der Waals surface area contributed by atoms with Crippen molar-refractivity contribution in [3.63, 3.8) is 0 Å². The van der Waals surface area contributed by atoms with Crippen molar-refractivity contribution >= 4 is 11.4 Å². The summed E-state index contributed by atoms with van der Waals surface area (Å²) in [5.41, 5.74) is 18.6. The van der Waals surface area contributed by atoms with Gasteiger partial charge in [0, 0.05) is 28.7 Å². The largest absolute Gasteiger partial charge is 0.399 e. The van der Waals surface area contributed by atoms with E-state index in [-0.39, 0.29) is 0 Å². The molecule has 0 radical (unpaired) electrons. The Hall–Kier alpha value is -3.07. The minimum atomic E-state index is 0.726. The molecule has 23 heavy (non-hydrogen) atoms. The molecule has 4 N–H and O–H groups in total. The normalized spacial score (nSPS) is 10.4. The Morgan fingerprint density at radius 3 is 2.61 bits per heavy atom. The molecule has 3 nitrogen and oxygen atoms in total. The monoisotopic (exact) mass is 301 g/mol.